The Morgan fingerprint density at radius 2 is 1.73 bits per heavy atom. The number of benzene rings is 2. The molecule has 2 rings (SSSR count). The number of anilines is 1. The maximum Gasteiger partial charge on any atom is 0.262 e. The molecule has 26 heavy (non-hydrogen) atoms. The van der Waals surface area contributed by atoms with E-state index in [0.717, 1.165) is 3.57 Å². The summed E-state index contributed by atoms with van der Waals surface area (Å²) in [5, 5.41) is 2.73. The van der Waals surface area contributed by atoms with Crippen molar-refractivity contribution in [2.75, 3.05) is 11.9 Å². The summed E-state index contributed by atoms with van der Waals surface area (Å²) >= 11 is 2.19. The number of carbonyl (C=O) groups excluding carboxylic acids is 1. The molecule has 0 saturated heterocycles. The van der Waals surface area contributed by atoms with Gasteiger partial charge in [-0.25, -0.2) is 13.1 Å². The number of halogens is 1. The van der Waals surface area contributed by atoms with Crippen LogP contribution in [0.25, 0.3) is 0 Å². The lowest BCUT2D eigenvalue weighted by Gasteiger charge is -2.12. The lowest BCUT2D eigenvalue weighted by Crippen LogP contribution is -2.31. The van der Waals surface area contributed by atoms with E-state index in [0.29, 0.717) is 17.9 Å². The van der Waals surface area contributed by atoms with E-state index in [2.05, 4.69) is 32.6 Å². The Morgan fingerprint density at radius 1 is 1.12 bits per heavy atom. The predicted octanol–water partition coefficient (Wildman–Crippen LogP) is 3.39. The highest BCUT2D eigenvalue weighted by molar-refractivity contribution is 14.1. The van der Waals surface area contributed by atoms with Crippen molar-refractivity contribution < 1.29 is 17.9 Å². The molecule has 6 nitrogen and oxygen atoms in total. The largest absolute Gasteiger partial charge is 0.484 e. The molecule has 2 aromatic carbocycles. The second-order valence-electron chi connectivity index (χ2n) is 5.75. The maximum absolute atomic E-state index is 12.2. The first-order valence-electron chi connectivity index (χ1n) is 8.11. The van der Waals surface area contributed by atoms with Crippen molar-refractivity contribution in [1.82, 2.24) is 4.72 Å². The fraction of sp³-hybridized carbons (Fsp3) is 0.278. The highest BCUT2D eigenvalue weighted by atomic mass is 127. The molecular weight excluding hydrogens is 467 g/mol. The van der Waals surface area contributed by atoms with E-state index < -0.39 is 10.0 Å². The summed E-state index contributed by atoms with van der Waals surface area (Å²) in [6, 6.07) is 13.2. The van der Waals surface area contributed by atoms with Gasteiger partial charge in [-0.15, -0.1) is 0 Å². The van der Waals surface area contributed by atoms with E-state index in [1.54, 1.807) is 6.92 Å². The molecule has 0 saturated carbocycles. The van der Waals surface area contributed by atoms with Crippen LogP contribution in [-0.2, 0) is 14.8 Å². The lowest BCUT2D eigenvalue weighted by atomic mass is 10.3. The van der Waals surface area contributed by atoms with Crippen molar-refractivity contribution in [1.29, 1.82) is 0 Å². The topological polar surface area (TPSA) is 84.5 Å². The first-order chi connectivity index (χ1) is 12.3. The van der Waals surface area contributed by atoms with E-state index in [9.17, 15) is 13.2 Å². The zero-order valence-electron chi connectivity index (χ0n) is 14.5. The summed E-state index contributed by atoms with van der Waals surface area (Å²) in [6.45, 7) is 3.55. The SMILES string of the molecule is CC[C@@H](C)NS(=O)(=O)c1ccc(OCC(=O)Nc2ccc(I)cc2)cc1. The minimum absolute atomic E-state index is 0.138. The van der Waals surface area contributed by atoms with Gasteiger partial charge in [-0.05, 0) is 84.5 Å². The molecule has 0 spiro atoms. The molecule has 0 aliphatic heterocycles. The molecule has 0 aliphatic carbocycles. The van der Waals surface area contributed by atoms with E-state index in [1.165, 1.54) is 24.3 Å². The third kappa shape index (κ3) is 6.26. The smallest absolute Gasteiger partial charge is 0.262 e. The number of amides is 1. The molecule has 0 aromatic heterocycles. The summed E-state index contributed by atoms with van der Waals surface area (Å²) < 4.78 is 33.5. The van der Waals surface area contributed by atoms with Gasteiger partial charge in [0.15, 0.2) is 6.61 Å². The number of sulfonamides is 1. The maximum atomic E-state index is 12.2. The van der Waals surface area contributed by atoms with Gasteiger partial charge in [-0.2, -0.15) is 0 Å². The van der Waals surface area contributed by atoms with Gasteiger partial charge < -0.3 is 10.1 Å². The molecule has 2 N–H and O–H groups in total. The molecule has 1 atom stereocenters. The van der Waals surface area contributed by atoms with Crippen LogP contribution in [0.2, 0.25) is 0 Å². The molecule has 0 radical (unpaired) electrons. The minimum atomic E-state index is -3.55. The summed E-state index contributed by atoms with van der Waals surface area (Å²) in [4.78, 5) is 12.1. The molecule has 0 aliphatic rings. The number of carbonyl (C=O) groups is 1. The van der Waals surface area contributed by atoms with Crippen LogP contribution in [0.5, 0.6) is 5.75 Å². The van der Waals surface area contributed by atoms with Crippen molar-refractivity contribution >= 4 is 44.2 Å². The zero-order chi connectivity index (χ0) is 19.2. The summed E-state index contributed by atoms with van der Waals surface area (Å²) in [7, 11) is -3.55. The Hall–Kier alpha value is -1.65. The molecule has 8 heteroatoms. The summed E-state index contributed by atoms with van der Waals surface area (Å²) in [6.07, 6.45) is 0.704. The molecule has 0 unspecified atom stereocenters. The van der Waals surface area contributed by atoms with Gasteiger partial charge in [0, 0.05) is 15.3 Å². The molecule has 140 valence electrons. The van der Waals surface area contributed by atoms with Crippen molar-refractivity contribution in [3.8, 4) is 5.75 Å². The van der Waals surface area contributed by atoms with Crippen molar-refractivity contribution in [2.45, 2.75) is 31.2 Å². The van der Waals surface area contributed by atoms with E-state index in [1.807, 2.05) is 31.2 Å². The standard InChI is InChI=1S/C18H21IN2O4S/c1-3-13(2)21-26(23,24)17-10-8-16(9-11-17)25-12-18(22)20-15-6-4-14(19)5-7-15/h4-11,13,21H,3,12H2,1-2H3,(H,20,22)/t13-/m1/s1. The van der Waals surface area contributed by atoms with Crippen LogP contribution in [-0.4, -0.2) is 27.0 Å². The van der Waals surface area contributed by atoms with Crippen molar-refractivity contribution in [2.24, 2.45) is 0 Å². The quantitative estimate of drug-likeness (QED) is 0.559. The molecular formula is C18H21IN2O4S. The fourth-order valence-corrected chi connectivity index (χ4v) is 3.70. The van der Waals surface area contributed by atoms with Crippen LogP contribution in [0.1, 0.15) is 20.3 Å². The van der Waals surface area contributed by atoms with E-state index in [4.69, 9.17) is 4.74 Å². The molecule has 0 fully saturated rings. The third-order valence-electron chi connectivity index (χ3n) is 3.60. The van der Waals surface area contributed by atoms with Gasteiger partial charge in [0.2, 0.25) is 10.0 Å². The highest BCUT2D eigenvalue weighted by Crippen LogP contribution is 2.17. The monoisotopic (exact) mass is 488 g/mol. The van der Waals surface area contributed by atoms with Crippen LogP contribution in [0.3, 0.4) is 0 Å². The first kappa shape index (κ1) is 20.7. The molecule has 2 aromatic rings. The van der Waals surface area contributed by atoms with Crippen LogP contribution in [0, 0.1) is 3.57 Å². The number of nitrogens with one attached hydrogen (secondary N) is 2. The molecule has 1 amide bonds. The van der Waals surface area contributed by atoms with Gasteiger partial charge in [0.1, 0.15) is 5.75 Å². The van der Waals surface area contributed by atoms with Gasteiger partial charge in [-0.3, -0.25) is 4.79 Å². The Balaban J connectivity index is 1.90. The van der Waals surface area contributed by atoms with Crippen LogP contribution < -0.4 is 14.8 Å². The van der Waals surface area contributed by atoms with Crippen LogP contribution in [0.4, 0.5) is 5.69 Å². The second-order valence-corrected chi connectivity index (χ2v) is 8.71. The Labute approximate surface area is 167 Å². The average molecular weight is 488 g/mol. The van der Waals surface area contributed by atoms with Gasteiger partial charge >= 0.3 is 0 Å². The minimum Gasteiger partial charge on any atom is -0.484 e. The number of hydrogen-bond acceptors (Lipinski definition) is 4. The Kier molecular flexibility index (Phi) is 7.42. The Morgan fingerprint density at radius 3 is 2.31 bits per heavy atom. The molecule has 0 bridgehead atoms. The Bertz CT molecular complexity index is 836. The summed E-state index contributed by atoms with van der Waals surface area (Å²) in [5.74, 6) is 0.131. The predicted molar refractivity (Wildman–Crippen MR) is 110 cm³/mol. The van der Waals surface area contributed by atoms with Gasteiger partial charge in [-0.1, -0.05) is 6.92 Å². The van der Waals surface area contributed by atoms with E-state index >= 15 is 0 Å². The molecule has 0 heterocycles. The third-order valence-corrected chi connectivity index (χ3v) is 5.93. The van der Waals surface area contributed by atoms with Gasteiger partial charge in [0.25, 0.3) is 5.91 Å². The lowest BCUT2D eigenvalue weighted by molar-refractivity contribution is -0.118. The van der Waals surface area contributed by atoms with Crippen LogP contribution >= 0.6 is 22.6 Å². The normalized spacial score (nSPS) is 12.4. The average Bonchev–Trinajstić information content (AvgIpc) is 2.62. The van der Waals surface area contributed by atoms with E-state index in [-0.39, 0.29) is 23.5 Å². The fourth-order valence-electron chi connectivity index (χ4n) is 2.01. The highest BCUT2D eigenvalue weighted by Gasteiger charge is 2.16. The van der Waals surface area contributed by atoms with Crippen LogP contribution in [0.15, 0.2) is 53.4 Å². The number of hydrogen-bond donors (Lipinski definition) is 2. The number of ether oxygens (including phenoxy) is 1. The second kappa shape index (κ2) is 9.33. The van der Waals surface area contributed by atoms with Crippen molar-refractivity contribution in [3.05, 3.63) is 52.1 Å². The number of rotatable bonds is 8. The summed E-state index contributed by atoms with van der Waals surface area (Å²) in [5.41, 5.74) is 0.691. The van der Waals surface area contributed by atoms with Gasteiger partial charge in [0.05, 0.1) is 4.90 Å². The first-order valence-corrected chi connectivity index (χ1v) is 10.7. The van der Waals surface area contributed by atoms with Crippen molar-refractivity contribution in [3.63, 3.8) is 0 Å². The zero-order valence-corrected chi connectivity index (χ0v) is 17.5.